The molecule has 4 nitrogen and oxygen atoms in total. The van der Waals surface area contributed by atoms with Gasteiger partial charge < -0.3 is 15.5 Å². The van der Waals surface area contributed by atoms with Gasteiger partial charge in [0.05, 0.1) is 0 Å². The molecule has 4 rings (SSSR count). The minimum Gasteiger partial charge on any atom is -0.384 e. The molecule has 2 aliphatic heterocycles. The lowest BCUT2D eigenvalue weighted by molar-refractivity contribution is 0.141. The molecule has 138 valence electrons. The van der Waals surface area contributed by atoms with Gasteiger partial charge in [0.1, 0.15) is 5.82 Å². The number of nitrogens with two attached hydrogens (primary N) is 1. The van der Waals surface area contributed by atoms with E-state index in [2.05, 4.69) is 39.0 Å². The summed E-state index contributed by atoms with van der Waals surface area (Å²) in [6.07, 6.45) is 9.51. The quantitative estimate of drug-likeness (QED) is 0.913. The zero-order valence-corrected chi connectivity index (χ0v) is 15.6. The highest BCUT2D eigenvalue weighted by molar-refractivity contribution is 5.49. The maximum absolute atomic E-state index is 5.78. The van der Waals surface area contributed by atoms with Crippen LogP contribution >= 0.6 is 0 Å². The number of pyridine rings is 1. The van der Waals surface area contributed by atoms with E-state index < -0.39 is 0 Å². The summed E-state index contributed by atoms with van der Waals surface area (Å²) in [5.74, 6) is 0.593. The number of likely N-dealkylation sites (tertiary alicyclic amines) is 1. The van der Waals surface area contributed by atoms with Crippen molar-refractivity contribution < 1.29 is 0 Å². The Hall–Kier alpha value is -2.07. The molecule has 2 saturated heterocycles. The first-order valence-electron chi connectivity index (χ1n) is 10.1. The van der Waals surface area contributed by atoms with Gasteiger partial charge in [-0.1, -0.05) is 18.6 Å². The number of hydrogen-bond acceptors (Lipinski definition) is 4. The second-order valence-electron chi connectivity index (χ2n) is 7.75. The molecule has 0 radical (unpaired) electrons. The SMILES string of the molecule is Nc1cc(Cc2ccc(N3CCC(N4CCCCC4)CC3)cc2)ccn1. The lowest BCUT2D eigenvalue weighted by Gasteiger charge is -2.41. The van der Waals surface area contributed by atoms with Gasteiger partial charge in [0.2, 0.25) is 0 Å². The lowest BCUT2D eigenvalue weighted by atomic mass is 9.99. The lowest BCUT2D eigenvalue weighted by Crippen LogP contribution is -2.46. The third-order valence-electron chi connectivity index (χ3n) is 5.93. The molecule has 0 saturated carbocycles. The molecule has 0 atom stereocenters. The van der Waals surface area contributed by atoms with Crippen LogP contribution in [0.25, 0.3) is 0 Å². The van der Waals surface area contributed by atoms with Crippen molar-refractivity contribution in [2.45, 2.75) is 44.6 Å². The van der Waals surface area contributed by atoms with Crippen LogP contribution in [0.4, 0.5) is 11.5 Å². The van der Waals surface area contributed by atoms with Crippen LogP contribution in [0.5, 0.6) is 0 Å². The summed E-state index contributed by atoms with van der Waals surface area (Å²) in [6.45, 7) is 5.00. The van der Waals surface area contributed by atoms with Gasteiger partial charge in [-0.2, -0.15) is 0 Å². The summed E-state index contributed by atoms with van der Waals surface area (Å²) in [4.78, 5) is 9.35. The summed E-state index contributed by atoms with van der Waals surface area (Å²) >= 11 is 0. The second-order valence-corrected chi connectivity index (χ2v) is 7.75. The number of piperidine rings is 2. The molecule has 0 unspecified atom stereocenters. The number of aromatic nitrogens is 1. The average molecular weight is 351 g/mol. The molecule has 4 heteroatoms. The van der Waals surface area contributed by atoms with Gasteiger partial charge >= 0.3 is 0 Å². The van der Waals surface area contributed by atoms with E-state index in [1.807, 2.05) is 12.1 Å². The first-order valence-corrected chi connectivity index (χ1v) is 10.1. The molecular formula is C22H30N4. The fourth-order valence-electron chi connectivity index (χ4n) is 4.44. The number of nitrogen functional groups attached to an aromatic ring is 1. The molecule has 2 aromatic rings. The van der Waals surface area contributed by atoms with Crippen molar-refractivity contribution in [3.8, 4) is 0 Å². The largest absolute Gasteiger partial charge is 0.384 e. The van der Waals surface area contributed by atoms with Gasteiger partial charge in [0.25, 0.3) is 0 Å². The van der Waals surface area contributed by atoms with Crippen molar-refractivity contribution in [1.29, 1.82) is 0 Å². The van der Waals surface area contributed by atoms with Gasteiger partial charge in [0.15, 0.2) is 0 Å². The van der Waals surface area contributed by atoms with E-state index in [-0.39, 0.29) is 0 Å². The average Bonchev–Trinajstić information content (AvgIpc) is 2.70. The van der Waals surface area contributed by atoms with Crippen molar-refractivity contribution in [3.63, 3.8) is 0 Å². The van der Waals surface area contributed by atoms with E-state index in [4.69, 9.17) is 5.73 Å². The van der Waals surface area contributed by atoms with E-state index in [0.29, 0.717) is 5.82 Å². The number of benzene rings is 1. The van der Waals surface area contributed by atoms with Crippen LogP contribution in [0, 0.1) is 0 Å². The Bertz CT molecular complexity index is 698. The highest BCUT2D eigenvalue weighted by Gasteiger charge is 2.25. The van der Waals surface area contributed by atoms with Crippen molar-refractivity contribution in [2.24, 2.45) is 0 Å². The normalized spacial score (nSPS) is 19.6. The first kappa shape index (κ1) is 17.3. The molecular weight excluding hydrogens is 320 g/mol. The van der Waals surface area contributed by atoms with Crippen LogP contribution in [0.1, 0.15) is 43.2 Å². The van der Waals surface area contributed by atoms with Gasteiger partial charge in [-0.15, -0.1) is 0 Å². The van der Waals surface area contributed by atoms with Crippen molar-refractivity contribution in [2.75, 3.05) is 36.8 Å². The number of nitrogens with zero attached hydrogens (tertiary/aromatic N) is 3. The molecule has 0 spiro atoms. The Labute approximate surface area is 157 Å². The molecule has 1 aromatic carbocycles. The fourth-order valence-corrected chi connectivity index (χ4v) is 4.44. The highest BCUT2D eigenvalue weighted by atomic mass is 15.2. The Kier molecular flexibility index (Phi) is 5.40. The monoisotopic (exact) mass is 350 g/mol. The maximum atomic E-state index is 5.78. The van der Waals surface area contributed by atoms with Gasteiger partial charge in [-0.3, -0.25) is 0 Å². The molecule has 2 fully saturated rings. The zero-order valence-electron chi connectivity index (χ0n) is 15.6. The maximum Gasteiger partial charge on any atom is 0.123 e. The third kappa shape index (κ3) is 4.18. The molecule has 2 aliphatic rings. The summed E-state index contributed by atoms with van der Waals surface area (Å²) in [6, 6.07) is 13.9. The summed E-state index contributed by atoms with van der Waals surface area (Å²) in [5.41, 5.74) is 9.68. The third-order valence-corrected chi connectivity index (χ3v) is 5.93. The standard InChI is InChI=1S/C22H30N4/c23-22-17-19(8-11-24-22)16-18-4-6-20(7-5-18)26-14-9-21(10-15-26)25-12-2-1-3-13-25/h4-8,11,17,21H,1-3,9-10,12-16H2,(H2,23,24). The Morgan fingerprint density at radius 2 is 1.62 bits per heavy atom. The van der Waals surface area contributed by atoms with Crippen molar-refractivity contribution in [3.05, 3.63) is 53.7 Å². The van der Waals surface area contributed by atoms with E-state index in [9.17, 15) is 0 Å². The highest BCUT2D eigenvalue weighted by Crippen LogP contribution is 2.25. The van der Waals surface area contributed by atoms with Gasteiger partial charge in [0, 0.05) is 31.0 Å². The molecule has 0 aliphatic carbocycles. The Balaban J connectivity index is 1.33. The number of rotatable bonds is 4. The van der Waals surface area contributed by atoms with Crippen LogP contribution in [0.3, 0.4) is 0 Å². The zero-order chi connectivity index (χ0) is 17.8. The van der Waals surface area contributed by atoms with Crippen molar-refractivity contribution in [1.82, 2.24) is 9.88 Å². The molecule has 0 amide bonds. The summed E-state index contributed by atoms with van der Waals surface area (Å²) in [7, 11) is 0. The predicted molar refractivity (Wildman–Crippen MR) is 109 cm³/mol. The Morgan fingerprint density at radius 1 is 0.885 bits per heavy atom. The summed E-state index contributed by atoms with van der Waals surface area (Å²) < 4.78 is 0. The smallest absolute Gasteiger partial charge is 0.123 e. The predicted octanol–water partition coefficient (Wildman–Crippen LogP) is 3.71. The van der Waals surface area contributed by atoms with Crippen LogP contribution in [-0.4, -0.2) is 42.1 Å². The Morgan fingerprint density at radius 3 is 2.31 bits per heavy atom. The topological polar surface area (TPSA) is 45.4 Å². The minimum absolute atomic E-state index is 0.593. The van der Waals surface area contributed by atoms with Crippen LogP contribution < -0.4 is 10.6 Å². The summed E-state index contributed by atoms with van der Waals surface area (Å²) in [5, 5.41) is 0. The first-order chi connectivity index (χ1) is 12.8. The molecule has 0 bridgehead atoms. The van der Waals surface area contributed by atoms with E-state index >= 15 is 0 Å². The van der Waals surface area contributed by atoms with Crippen LogP contribution in [0.15, 0.2) is 42.6 Å². The second kappa shape index (κ2) is 8.09. The van der Waals surface area contributed by atoms with Crippen LogP contribution in [0.2, 0.25) is 0 Å². The fraction of sp³-hybridized carbons (Fsp3) is 0.500. The number of anilines is 2. The molecule has 3 heterocycles. The van der Waals surface area contributed by atoms with E-state index in [1.54, 1.807) is 6.20 Å². The minimum atomic E-state index is 0.593. The van der Waals surface area contributed by atoms with Crippen molar-refractivity contribution >= 4 is 11.5 Å². The van der Waals surface area contributed by atoms with Crippen LogP contribution in [-0.2, 0) is 6.42 Å². The number of hydrogen-bond donors (Lipinski definition) is 1. The van der Waals surface area contributed by atoms with E-state index in [0.717, 1.165) is 12.5 Å². The van der Waals surface area contributed by atoms with E-state index in [1.165, 1.54) is 75.1 Å². The molecule has 26 heavy (non-hydrogen) atoms. The molecule has 2 N–H and O–H groups in total. The van der Waals surface area contributed by atoms with Gasteiger partial charge in [-0.05, 0) is 80.6 Å². The molecule has 1 aromatic heterocycles. The van der Waals surface area contributed by atoms with Gasteiger partial charge in [-0.25, -0.2) is 4.98 Å².